The Bertz CT molecular complexity index is 1410. The van der Waals surface area contributed by atoms with Crippen LogP contribution in [0.3, 0.4) is 0 Å². The fourth-order valence-corrected chi connectivity index (χ4v) is 10.8. The number of carbonyl (C=O) groups is 3. The summed E-state index contributed by atoms with van der Waals surface area (Å²) in [6.07, 6.45) is 0.903. The smallest absolute Gasteiger partial charge is 0.338 e. The Kier molecular flexibility index (Phi) is 5.82. The maximum Gasteiger partial charge on any atom is 0.338 e. The van der Waals surface area contributed by atoms with Crippen molar-refractivity contribution in [2.45, 2.75) is 83.1 Å². The highest BCUT2D eigenvalue weighted by molar-refractivity contribution is 5.90. The number of benzene rings is 1. The van der Waals surface area contributed by atoms with Gasteiger partial charge >= 0.3 is 17.9 Å². The Hall–Kier alpha value is -2.63. The molecule has 0 aromatic heterocycles. The Morgan fingerprint density at radius 1 is 1.12 bits per heavy atom. The number of hydrogen-bond donors (Lipinski definition) is 2. The molecule has 0 spiro atoms. The van der Waals surface area contributed by atoms with Gasteiger partial charge < -0.3 is 34.0 Å². The highest BCUT2D eigenvalue weighted by atomic mass is 17.0. The van der Waals surface area contributed by atoms with Crippen LogP contribution in [0.25, 0.3) is 0 Å². The van der Waals surface area contributed by atoms with E-state index in [-0.39, 0.29) is 30.3 Å². The number of ether oxygens (including phenoxy) is 5. The van der Waals surface area contributed by atoms with Crippen molar-refractivity contribution < 1.29 is 48.3 Å². The molecule has 4 aliphatic heterocycles. The number of carbonyl (C=O) groups excluding carboxylic acids is 2. The molecule has 3 saturated carbocycles. The number of rotatable bonds is 8. The molecule has 8 bridgehead atoms. The van der Waals surface area contributed by atoms with Gasteiger partial charge in [0.1, 0.15) is 17.8 Å². The van der Waals surface area contributed by atoms with Crippen LogP contribution in [-0.2, 0) is 33.3 Å². The summed E-state index contributed by atoms with van der Waals surface area (Å²) >= 11 is 0. The number of hydrogen-bond acceptors (Lipinski definition) is 9. The highest BCUT2D eigenvalue weighted by Gasteiger charge is 2.85. The lowest BCUT2D eigenvalue weighted by molar-refractivity contribution is -0.447. The Balaban J connectivity index is 1.12. The summed E-state index contributed by atoms with van der Waals surface area (Å²) in [5.41, 5.74) is -2.20. The van der Waals surface area contributed by atoms with Crippen LogP contribution in [0.1, 0.15) is 56.8 Å². The second-order valence-corrected chi connectivity index (χ2v) is 14.2. The summed E-state index contributed by atoms with van der Waals surface area (Å²) in [7, 11) is 0. The van der Waals surface area contributed by atoms with Crippen LogP contribution >= 0.6 is 0 Å². The monoisotopic (exact) mass is 594 g/mol. The molecule has 4 aliphatic carbocycles. The van der Waals surface area contributed by atoms with Crippen molar-refractivity contribution >= 4 is 18.2 Å². The summed E-state index contributed by atoms with van der Waals surface area (Å²) in [5, 5.41) is 22.7. The van der Waals surface area contributed by atoms with E-state index in [4.69, 9.17) is 23.7 Å². The minimum Gasteiger partial charge on any atom is -0.481 e. The fraction of sp³-hybridized carbons (Fsp3) is 0.667. The van der Waals surface area contributed by atoms with Gasteiger partial charge in [0.25, 0.3) is 0 Å². The average molecular weight is 595 g/mol. The number of aliphatic hydroxyl groups excluding tert-OH is 1. The van der Waals surface area contributed by atoms with Crippen molar-refractivity contribution in [3.63, 3.8) is 0 Å². The lowest BCUT2D eigenvalue weighted by Gasteiger charge is -2.58. The Labute approximate surface area is 249 Å². The zero-order valence-electron chi connectivity index (χ0n) is 24.5. The molecule has 0 radical (unpaired) electrons. The first kappa shape index (κ1) is 27.9. The molecule has 4 saturated heterocycles. The number of aldehydes is 1. The Morgan fingerprint density at radius 3 is 2.58 bits per heavy atom. The average Bonchev–Trinajstić information content (AvgIpc) is 3.72. The van der Waals surface area contributed by atoms with E-state index in [1.165, 1.54) is 0 Å². The molecule has 230 valence electrons. The van der Waals surface area contributed by atoms with Gasteiger partial charge in [-0.15, -0.1) is 0 Å². The number of fused-ring (bicyclic) bond motifs is 2. The van der Waals surface area contributed by atoms with Crippen LogP contribution in [0.5, 0.6) is 0 Å². The second kappa shape index (κ2) is 8.97. The van der Waals surface area contributed by atoms with Crippen molar-refractivity contribution in [1.82, 2.24) is 0 Å². The number of allylic oxidation sites excluding steroid dienone is 1. The molecule has 8 aliphatic rings. The SMILES string of the molecule is CC(C)C1=CC2CC3(C=O)C4CCC(C)C4CC2(COC24OC5OC(C(OC(=O)c6ccccc6)C5O2)C4O)C13C(=O)O. The number of carboxylic acid groups (broad SMARTS) is 1. The van der Waals surface area contributed by atoms with Crippen LogP contribution in [0, 0.1) is 45.8 Å². The quantitative estimate of drug-likeness (QED) is 0.262. The second-order valence-electron chi connectivity index (χ2n) is 14.2. The molecular formula is C33H38O10. The maximum absolute atomic E-state index is 13.7. The Morgan fingerprint density at radius 2 is 1.88 bits per heavy atom. The van der Waals surface area contributed by atoms with Gasteiger partial charge in [-0.2, -0.15) is 0 Å². The van der Waals surface area contributed by atoms with Crippen LogP contribution in [0.15, 0.2) is 42.0 Å². The lowest BCUT2D eigenvalue weighted by atomic mass is 9.43. The third-order valence-corrected chi connectivity index (χ3v) is 12.4. The minimum absolute atomic E-state index is 0.000395. The fourth-order valence-electron chi connectivity index (χ4n) is 10.8. The third kappa shape index (κ3) is 3.14. The van der Waals surface area contributed by atoms with Gasteiger partial charge in [-0.3, -0.25) is 9.53 Å². The van der Waals surface area contributed by atoms with E-state index in [1.54, 1.807) is 30.3 Å². The van der Waals surface area contributed by atoms with Crippen LogP contribution in [-0.4, -0.2) is 71.7 Å². The molecule has 10 nitrogen and oxygen atoms in total. The van der Waals surface area contributed by atoms with E-state index in [1.807, 2.05) is 13.8 Å². The topological polar surface area (TPSA) is 138 Å². The summed E-state index contributed by atoms with van der Waals surface area (Å²) in [5.74, 6) is -3.14. The lowest BCUT2D eigenvalue weighted by Crippen LogP contribution is -2.66. The van der Waals surface area contributed by atoms with Crippen molar-refractivity contribution in [1.29, 1.82) is 0 Å². The molecule has 13 unspecified atom stereocenters. The molecule has 43 heavy (non-hydrogen) atoms. The van der Waals surface area contributed by atoms with E-state index in [0.717, 1.165) is 24.7 Å². The predicted molar refractivity (Wildman–Crippen MR) is 147 cm³/mol. The van der Waals surface area contributed by atoms with E-state index >= 15 is 0 Å². The van der Waals surface area contributed by atoms with Gasteiger partial charge in [0, 0.05) is 5.41 Å². The first-order valence-corrected chi connectivity index (χ1v) is 15.6. The molecule has 2 N–H and O–H groups in total. The molecule has 10 heteroatoms. The van der Waals surface area contributed by atoms with E-state index in [0.29, 0.717) is 24.3 Å². The summed E-state index contributed by atoms with van der Waals surface area (Å²) in [6.45, 7) is 6.12. The minimum atomic E-state index is -1.90. The van der Waals surface area contributed by atoms with E-state index < -0.39 is 64.9 Å². The first-order valence-electron chi connectivity index (χ1n) is 15.6. The molecule has 13 atom stereocenters. The number of esters is 1. The highest BCUT2D eigenvalue weighted by Crippen LogP contribution is 2.82. The molecule has 1 aromatic rings. The first-order chi connectivity index (χ1) is 20.5. The standard InChI is InChI=1S/C33H38O10/c1-16(2)22-11-19-12-30(14-34)21-10-9-17(3)20(21)13-31(19,32(22,30)29(37)38)15-39-33-26(35)24-23(25(42-33)28(41-24)43-33)40-27(36)18-7-5-4-6-8-18/h4-8,11,14,16-17,19-21,23-26,28,35H,9-10,12-13,15H2,1-3H3,(H,37,38). The molecule has 7 fully saturated rings. The maximum atomic E-state index is 13.7. The van der Waals surface area contributed by atoms with Crippen molar-refractivity contribution in [3.05, 3.63) is 47.5 Å². The summed E-state index contributed by atoms with van der Waals surface area (Å²) in [4.78, 5) is 39.8. The van der Waals surface area contributed by atoms with Gasteiger partial charge in [0.15, 0.2) is 24.6 Å². The number of carboxylic acids is 1. The molecule has 4 heterocycles. The van der Waals surface area contributed by atoms with Crippen molar-refractivity contribution in [2.75, 3.05) is 6.61 Å². The van der Waals surface area contributed by atoms with Crippen LogP contribution in [0.4, 0.5) is 0 Å². The molecule has 0 amide bonds. The van der Waals surface area contributed by atoms with Crippen molar-refractivity contribution in [2.24, 2.45) is 45.8 Å². The molecular weight excluding hydrogens is 556 g/mol. The zero-order chi connectivity index (χ0) is 30.1. The van der Waals surface area contributed by atoms with E-state index in [9.17, 15) is 24.6 Å². The number of aliphatic hydroxyl groups is 1. The third-order valence-electron chi connectivity index (χ3n) is 12.4. The largest absolute Gasteiger partial charge is 0.481 e. The normalized spacial score (nSPS) is 49.8. The molecule has 1 aromatic carbocycles. The predicted octanol–water partition coefficient (Wildman–Crippen LogP) is 3.32. The number of aliphatic carboxylic acids is 1. The molecule has 9 rings (SSSR count). The van der Waals surface area contributed by atoms with Gasteiger partial charge in [0.2, 0.25) is 0 Å². The van der Waals surface area contributed by atoms with Gasteiger partial charge in [-0.1, -0.05) is 57.0 Å². The summed E-state index contributed by atoms with van der Waals surface area (Å²) in [6, 6.07) is 8.53. The van der Waals surface area contributed by atoms with Crippen molar-refractivity contribution in [3.8, 4) is 0 Å². The van der Waals surface area contributed by atoms with Gasteiger partial charge in [-0.05, 0) is 61.0 Å². The van der Waals surface area contributed by atoms with Crippen LogP contribution in [0.2, 0.25) is 0 Å². The zero-order valence-corrected chi connectivity index (χ0v) is 24.5. The van der Waals surface area contributed by atoms with Gasteiger partial charge in [-0.25, -0.2) is 4.79 Å². The van der Waals surface area contributed by atoms with Crippen LogP contribution < -0.4 is 0 Å². The summed E-state index contributed by atoms with van der Waals surface area (Å²) < 4.78 is 30.3. The van der Waals surface area contributed by atoms with Gasteiger partial charge in [0.05, 0.1) is 17.6 Å². The van der Waals surface area contributed by atoms with E-state index in [2.05, 4.69) is 13.0 Å².